The molecule has 172 valence electrons. The van der Waals surface area contributed by atoms with E-state index < -0.39 is 11.9 Å². The Kier molecular flexibility index (Phi) is 19.0. The third-order valence-corrected chi connectivity index (χ3v) is 4.72. The molecule has 0 aromatic carbocycles. The minimum Gasteiger partial charge on any atom is -0.462 e. The molecule has 0 radical (unpaired) electrons. The number of Topliss-reactive ketones (excluding diaryl/α,β-unsaturated/α-hetero) is 2. The molecule has 0 aliphatic rings. The van der Waals surface area contributed by atoms with Gasteiger partial charge in [-0.3, -0.25) is 9.59 Å². The molecule has 0 heterocycles. The van der Waals surface area contributed by atoms with Gasteiger partial charge in [0.05, 0.1) is 13.2 Å². The van der Waals surface area contributed by atoms with Gasteiger partial charge in [0.2, 0.25) is 0 Å². The van der Waals surface area contributed by atoms with Crippen molar-refractivity contribution in [2.45, 2.75) is 104 Å². The van der Waals surface area contributed by atoms with E-state index in [4.69, 9.17) is 9.47 Å². The lowest BCUT2D eigenvalue weighted by molar-refractivity contribution is -0.141. The number of unbranched alkanes of at least 4 members (excludes halogenated alkanes) is 8. The van der Waals surface area contributed by atoms with E-state index in [-0.39, 0.29) is 37.6 Å². The van der Waals surface area contributed by atoms with Crippen LogP contribution in [0.5, 0.6) is 0 Å². The molecule has 30 heavy (non-hydrogen) atoms. The number of ketones is 2. The van der Waals surface area contributed by atoms with Gasteiger partial charge in [0.15, 0.2) is 0 Å². The van der Waals surface area contributed by atoms with Crippen LogP contribution in [-0.2, 0) is 28.7 Å². The monoisotopic (exact) mass is 424 g/mol. The maximum atomic E-state index is 11.7. The molecule has 0 bridgehead atoms. The summed E-state index contributed by atoms with van der Waals surface area (Å²) in [5.74, 6) is -1.22. The van der Waals surface area contributed by atoms with E-state index in [9.17, 15) is 19.2 Å². The third-order valence-electron chi connectivity index (χ3n) is 4.72. The minimum absolute atomic E-state index is 0.0127. The van der Waals surface area contributed by atoms with Gasteiger partial charge in [-0.25, -0.2) is 9.59 Å². The van der Waals surface area contributed by atoms with Gasteiger partial charge in [-0.1, -0.05) is 65.2 Å². The first kappa shape index (κ1) is 28.0. The highest BCUT2D eigenvalue weighted by atomic mass is 16.5. The Hall–Kier alpha value is -1.98. The fourth-order valence-electron chi connectivity index (χ4n) is 2.86. The van der Waals surface area contributed by atoms with Gasteiger partial charge < -0.3 is 9.47 Å². The van der Waals surface area contributed by atoms with E-state index in [1.165, 1.54) is 25.7 Å². The van der Waals surface area contributed by atoms with Gasteiger partial charge in [0.1, 0.15) is 11.6 Å². The molecule has 0 fully saturated rings. The highest BCUT2D eigenvalue weighted by Gasteiger charge is 2.06. The first-order chi connectivity index (χ1) is 14.5. The van der Waals surface area contributed by atoms with Crippen molar-refractivity contribution in [1.82, 2.24) is 0 Å². The molecule has 0 N–H and O–H groups in total. The Balaban J connectivity index is 3.72. The number of hydrogen-bond donors (Lipinski definition) is 0. The zero-order chi connectivity index (χ0) is 22.5. The van der Waals surface area contributed by atoms with Crippen molar-refractivity contribution in [3.63, 3.8) is 0 Å². The summed E-state index contributed by atoms with van der Waals surface area (Å²) < 4.78 is 9.83. The summed E-state index contributed by atoms with van der Waals surface area (Å²) in [4.78, 5) is 46.5. The maximum absolute atomic E-state index is 11.7. The Morgan fingerprint density at radius 3 is 1.27 bits per heavy atom. The molecule has 0 saturated carbocycles. The summed E-state index contributed by atoms with van der Waals surface area (Å²) in [6.45, 7) is 4.31. The Morgan fingerprint density at radius 2 is 0.900 bits per heavy atom. The molecule has 0 amide bonds. The molecule has 0 atom stereocenters. The van der Waals surface area contributed by atoms with Crippen molar-refractivity contribution in [3.8, 4) is 0 Å². The van der Waals surface area contributed by atoms with Crippen molar-refractivity contribution in [3.05, 3.63) is 12.2 Å². The second-order valence-electron chi connectivity index (χ2n) is 7.57. The highest BCUT2D eigenvalue weighted by molar-refractivity contribution is 5.92. The zero-order valence-electron chi connectivity index (χ0n) is 18.9. The van der Waals surface area contributed by atoms with Gasteiger partial charge in [-0.05, 0) is 12.8 Å². The van der Waals surface area contributed by atoms with Crippen LogP contribution in [0.3, 0.4) is 0 Å². The van der Waals surface area contributed by atoms with Crippen molar-refractivity contribution < 1.29 is 28.7 Å². The molecule has 0 spiro atoms. The van der Waals surface area contributed by atoms with Gasteiger partial charge in [0, 0.05) is 37.8 Å². The lowest BCUT2D eigenvalue weighted by Gasteiger charge is -2.03. The van der Waals surface area contributed by atoms with Crippen molar-refractivity contribution in [1.29, 1.82) is 0 Å². The summed E-state index contributed by atoms with van der Waals surface area (Å²) >= 11 is 0. The average Bonchev–Trinajstić information content (AvgIpc) is 2.72. The molecule has 0 aliphatic heterocycles. The smallest absolute Gasteiger partial charge is 0.331 e. The average molecular weight is 425 g/mol. The summed E-state index contributed by atoms with van der Waals surface area (Å²) in [5.41, 5.74) is 0. The molecule has 0 aromatic rings. The van der Waals surface area contributed by atoms with Crippen LogP contribution in [0.2, 0.25) is 0 Å². The standard InChI is InChI=1S/C24H40O6/c1-3-5-7-9-11-13-21(25)17-19-29-23(27)15-16-24(28)30-20-18-22(26)14-12-10-8-6-4-2/h15-16H,3-14,17-20H2,1-2H3/b16-15-. The Labute approximate surface area is 181 Å². The fraction of sp³-hybridized carbons (Fsp3) is 0.750. The molecule has 0 saturated heterocycles. The normalized spacial score (nSPS) is 10.9. The number of carbonyl (C=O) groups excluding carboxylic acids is 4. The summed E-state index contributed by atoms with van der Waals surface area (Å²) in [7, 11) is 0. The fourth-order valence-corrected chi connectivity index (χ4v) is 2.86. The van der Waals surface area contributed by atoms with Crippen LogP contribution < -0.4 is 0 Å². The van der Waals surface area contributed by atoms with Crippen LogP contribution in [0.15, 0.2) is 12.2 Å². The molecule has 0 unspecified atom stereocenters. The Morgan fingerprint density at radius 1 is 0.533 bits per heavy atom. The molecule has 6 nitrogen and oxygen atoms in total. The van der Waals surface area contributed by atoms with E-state index in [2.05, 4.69) is 13.8 Å². The van der Waals surface area contributed by atoms with E-state index in [0.29, 0.717) is 12.8 Å². The molecular weight excluding hydrogens is 384 g/mol. The number of esters is 2. The second-order valence-corrected chi connectivity index (χ2v) is 7.57. The molecule has 0 aliphatic carbocycles. The third kappa shape index (κ3) is 19.3. The predicted octanol–water partition coefficient (Wildman–Crippen LogP) is 5.27. The number of carbonyl (C=O) groups is 4. The summed E-state index contributed by atoms with van der Waals surface area (Å²) in [5, 5.41) is 0. The first-order valence-corrected chi connectivity index (χ1v) is 11.5. The summed E-state index contributed by atoms with van der Waals surface area (Å²) in [6, 6.07) is 0. The maximum Gasteiger partial charge on any atom is 0.331 e. The van der Waals surface area contributed by atoms with Crippen molar-refractivity contribution in [2.75, 3.05) is 13.2 Å². The molecule has 0 rings (SSSR count). The van der Waals surface area contributed by atoms with E-state index in [0.717, 1.165) is 50.7 Å². The van der Waals surface area contributed by atoms with Gasteiger partial charge in [0.25, 0.3) is 0 Å². The molecule has 0 aromatic heterocycles. The quantitative estimate of drug-likeness (QED) is 0.150. The van der Waals surface area contributed by atoms with Crippen LogP contribution >= 0.6 is 0 Å². The van der Waals surface area contributed by atoms with Gasteiger partial charge >= 0.3 is 11.9 Å². The minimum atomic E-state index is -0.689. The number of rotatable bonds is 20. The van der Waals surface area contributed by atoms with E-state index in [1.54, 1.807) is 0 Å². The number of ether oxygens (including phenoxy) is 2. The van der Waals surface area contributed by atoms with Crippen LogP contribution in [0.4, 0.5) is 0 Å². The molecule has 6 heteroatoms. The van der Waals surface area contributed by atoms with Crippen LogP contribution in [0.25, 0.3) is 0 Å². The topological polar surface area (TPSA) is 86.7 Å². The molecular formula is C24H40O6. The van der Waals surface area contributed by atoms with Crippen molar-refractivity contribution in [2.24, 2.45) is 0 Å². The van der Waals surface area contributed by atoms with Gasteiger partial charge in [-0.15, -0.1) is 0 Å². The van der Waals surface area contributed by atoms with Crippen LogP contribution in [0, 0.1) is 0 Å². The van der Waals surface area contributed by atoms with Crippen LogP contribution in [0.1, 0.15) is 104 Å². The number of hydrogen-bond acceptors (Lipinski definition) is 6. The lowest BCUT2D eigenvalue weighted by atomic mass is 10.1. The predicted molar refractivity (Wildman–Crippen MR) is 117 cm³/mol. The highest BCUT2D eigenvalue weighted by Crippen LogP contribution is 2.07. The lowest BCUT2D eigenvalue weighted by Crippen LogP contribution is -2.10. The Bertz CT molecular complexity index is 478. The van der Waals surface area contributed by atoms with Gasteiger partial charge in [-0.2, -0.15) is 0 Å². The van der Waals surface area contributed by atoms with Crippen LogP contribution in [-0.4, -0.2) is 36.7 Å². The van der Waals surface area contributed by atoms with Crippen molar-refractivity contribution >= 4 is 23.5 Å². The SMILES string of the molecule is CCCCCCCC(=O)CCOC(=O)/C=C\C(=O)OCCC(=O)CCCCCCC. The summed E-state index contributed by atoms with van der Waals surface area (Å²) in [6.07, 6.45) is 14.2. The first-order valence-electron chi connectivity index (χ1n) is 11.5. The van der Waals surface area contributed by atoms with E-state index >= 15 is 0 Å². The van der Waals surface area contributed by atoms with E-state index in [1.807, 2.05) is 0 Å². The zero-order valence-corrected chi connectivity index (χ0v) is 18.9. The second kappa shape index (κ2) is 20.3. The largest absolute Gasteiger partial charge is 0.462 e.